The van der Waals surface area contributed by atoms with E-state index < -0.39 is 0 Å². The van der Waals surface area contributed by atoms with Gasteiger partial charge in [0, 0.05) is 52.2 Å². The van der Waals surface area contributed by atoms with Crippen LogP contribution in [0.3, 0.4) is 0 Å². The molecule has 2 heterocycles. The van der Waals surface area contributed by atoms with Crippen molar-refractivity contribution in [3.8, 4) is 17.4 Å². The number of ether oxygens (including phenoxy) is 5. The fourth-order valence-corrected chi connectivity index (χ4v) is 6.23. The number of pyridine rings is 1. The van der Waals surface area contributed by atoms with Gasteiger partial charge in [-0.15, -0.1) is 0 Å². The molecule has 48 heavy (non-hydrogen) atoms. The molecule has 0 unspecified atom stereocenters. The van der Waals surface area contributed by atoms with Crippen molar-refractivity contribution in [2.24, 2.45) is 5.92 Å². The molecule has 0 bridgehead atoms. The number of nitrogens with zero attached hydrogens (tertiary/aromatic N) is 2. The molecule has 9 nitrogen and oxygen atoms in total. The number of aromatic nitrogens is 1. The topological polar surface area (TPSA) is 91.4 Å². The average Bonchev–Trinajstić information content (AvgIpc) is 3.93. The van der Waals surface area contributed by atoms with Crippen LogP contribution in [0.5, 0.6) is 17.4 Å². The highest BCUT2D eigenvalue weighted by Crippen LogP contribution is 2.34. The summed E-state index contributed by atoms with van der Waals surface area (Å²) in [6, 6.07) is 15.9. The molecule has 1 atom stereocenters. The molecule has 0 spiro atoms. The largest absolute Gasteiger partial charge is 0.491 e. The highest BCUT2D eigenvalue weighted by atomic mass is 35.5. The fourth-order valence-electron chi connectivity index (χ4n) is 5.52. The van der Waals surface area contributed by atoms with Gasteiger partial charge in [-0.1, -0.05) is 35.3 Å². The molecule has 2 aromatic carbocycles. The first-order valence-corrected chi connectivity index (χ1v) is 17.5. The Bertz CT molecular complexity index is 1350. The minimum atomic E-state index is 0.117. The smallest absolute Gasteiger partial charge is 0.227 e. The van der Waals surface area contributed by atoms with Crippen LogP contribution in [-0.2, 0) is 27.2 Å². The highest BCUT2D eigenvalue weighted by Gasteiger charge is 2.36. The Hall–Kier alpha value is -3.08. The van der Waals surface area contributed by atoms with Gasteiger partial charge in [0.1, 0.15) is 25.6 Å². The molecule has 1 amide bonds. The summed E-state index contributed by atoms with van der Waals surface area (Å²) in [6.45, 7) is 6.97. The van der Waals surface area contributed by atoms with E-state index in [1.165, 1.54) is 5.56 Å². The normalized spacial score (nSPS) is 15.6. The Morgan fingerprint density at radius 1 is 0.896 bits per heavy atom. The van der Waals surface area contributed by atoms with Crippen molar-refractivity contribution in [1.82, 2.24) is 15.2 Å². The minimum Gasteiger partial charge on any atom is -0.491 e. The van der Waals surface area contributed by atoms with Gasteiger partial charge in [0.25, 0.3) is 0 Å². The summed E-state index contributed by atoms with van der Waals surface area (Å²) in [5.41, 5.74) is 3.37. The van der Waals surface area contributed by atoms with E-state index in [9.17, 15) is 4.79 Å². The molecule has 1 aromatic heterocycles. The van der Waals surface area contributed by atoms with Crippen molar-refractivity contribution in [3.05, 3.63) is 81.5 Å². The van der Waals surface area contributed by atoms with E-state index in [-0.39, 0.29) is 5.92 Å². The summed E-state index contributed by atoms with van der Waals surface area (Å²) in [5.74, 6) is 2.33. The lowest BCUT2D eigenvalue weighted by molar-refractivity contribution is -0.137. The van der Waals surface area contributed by atoms with Crippen LogP contribution in [0.25, 0.3) is 0 Å². The molecule has 3 aromatic rings. The third-order valence-corrected chi connectivity index (χ3v) is 8.59. The SMILES string of the molecule is COCCCc1cc(CN(C(=O)[C@@H]2CCCNC2)C2CC2)cc(OCCOC)c1.Cc1cc(Cl)c(OCCOc2ccccn2)c(Cl)c1. The number of hydrogen-bond donors (Lipinski definition) is 1. The van der Waals surface area contributed by atoms with Crippen molar-refractivity contribution < 1.29 is 28.5 Å². The first kappa shape index (κ1) is 37.7. The van der Waals surface area contributed by atoms with Crippen molar-refractivity contribution >= 4 is 29.1 Å². The second-order valence-electron chi connectivity index (χ2n) is 12.1. The number of aryl methyl sites for hydroxylation is 2. The van der Waals surface area contributed by atoms with Crippen molar-refractivity contribution in [2.75, 3.05) is 60.3 Å². The molecular weight excluding hydrogens is 653 g/mol. The van der Waals surface area contributed by atoms with Gasteiger partial charge < -0.3 is 33.9 Å². The summed E-state index contributed by atoms with van der Waals surface area (Å²) >= 11 is 12.1. The lowest BCUT2D eigenvalue weighted by Crippen LogP contribution is -2.43. The molecule has 1 aliphatic heterocycles. The Morgan fingerprint density at radius 3 is 2.29 bits per heavy atom. The van der Waals surface area contributed by atoms with Gasteiger partial charge in [0.15, 0.2) is 5.75 Å². The van der Waals surface area contributed by atoms with Crippen molar-refractivity contribution in [1.29, 1.82) is 0 Å². The van der Waals surface area contributed by atoms with Gasteiger partial charge in [-0.05, 0) is 99.0 Å². The Kier molecular flexibility index (Phi) is 16.1. The van der Waals surface area contributed by atoms with E-state index in [0.717, 1.165) is 75.1 Å². The van der Waals surface area contributed by atoms with Gasteiger partial charge in [-0.3, -0.25) is 4.79 Å². The van der Waals surface area contributed by atoms with Crippen LogP contribution in [0, 0.1) is 12.8 Å². The average molecular weight is 703 g/mol. The molecule has 1 N–H and O–H groups in total. The summed E-state index contributed by atoms with van der Waals surface area (Å²) in [7, 11) is 3.41. The molecule has 1 saturated heterocycles. The maximum Gasteiger partial charge on any atom is 0.227 e. The Balaban J connectivity index is 0.000000237. The van der Waals surface area contributed by atoms with Gasteiger partial charge in [-0.25, -0.2) is 4.98 Å². The molecule has 1 aliphatic carbocycles. The van der Waals surface area contributed by atoms with Crippen LogP contribution < -0.4 is 19.5 Å². The van der Waals surface area contributed by atoms with Crippen LogP contribution in [0.1, 0.15) is 48.8 Å². The van der Waals surface area contributed by atoms with E-state index in [4.69, 9.17) is 46.9 Å². The lowest BCUT2D eigenvalue weighted by Gasteiger charge is -2.30. The number of halogens is 2. The zero-order chi connectivity index (χ0) is 34.1. The van der Waals surface area contributed by atoms with E-state index in [1.807, 2.05) is 31.2 Å². The number of piperidine rings is 1. The lowest BCUT2D eigenvalue weighted by atomic mass is 9.97. The third-order valence-electron chi connectivity index (χ3n) is 8.03. The monoisotopic (exact) mass is 701 g/mol. The number of benzene rings is 2. The third kappa shape index (κ3) is 12.7. The summed E-state index contributed by atoms with van der Waals surface area (Å²) in [4.78, 5) is 19.4. The molecule has 1 saturated carbocycles. The first-order chi connectivity index (χ1) is 23.4. The molecule has 5 rings (SSSR count). The van der Waals surface area contributed by atoms with Gasteiger partial charge in [0.2, 0.25) is 11.8 Å². The molecule has 2 aliphatic rings. The second-order valence-corrected chi connectivity index (χ2v) is 12.9. The zero-order valence-corrected chi connectivity index (χ0v) is 29.9. The van der Waals surface area contributed by atoms with Crippen LogP contribution in [0.2, 0.25) is 10.0 Å². The van der Waals surface area contributed by atoms with Crippen LogP contribution in [-0.4, -0.2) is 82.2 Å². The van der Waals surface area contributed by atoms with Crippen molar-refractivity contribution in [2.45, 2.75) is 58.0 Å². The number of rotatable bonds is 17. The number of amides is 1. The number of methoxy groups -OCH3 is 2. The molecular formula is C37H49Cl2N3O6. The summed E-state index contributed by atoms with van der Waals surface area (Å²) < 4.78 is 27.1. The minimum absolute atomic E-state index is 0.117. The van der Waals surface area contributed by atoms with E-state index in [0.29, 0.717) is 66.6 Å². The summed E-state index contributed by atoms with van der Waals surface area (Å²) in [6.07, 6.45) is 7.90. The number of carbonyl (C=O) groups excluding carboxylic acids is 1. The predicted molar refractivity (Wildman–Crippen MR) is 190 cm³/mol. The van der Waals surface area contributed by atoms with E-state index in [1.54, 1.807) is 26.5 Å². The molecule has 0 radical (unpaired) electrons. The fraction of sp³-hybridized carbons (Fsp3) is 0.514. The maximum absolute atomic E-state index is 13.2. The Morgan fingerprint density at radius 2 is 1.62 bits per heavy atom. The van der Waals surface area contributed by atoms with Crippen LogP contribution in [0.15, 0.2) is 54.7 Å². The summed E-state index contributed by atoms with van der Waals surface area (Å²) in [5, 5.41) is 4.38. The maximum atomic E-state index is 13.2. The molecule has 262 valence electrons. The standard InChI is InChI=1S/C23H36N2O4.C14H13Cl2NO2/c1-27-10-4-5-18-13-19(15-22(14-18)29-12-11-28-2)17-25(21-7-8-21)23(26)20-6-3-9-24-16-20;1-10-8-11(15)14(12(16)9-10)19-7-6-18-13-4-2-3-5-17-13/h13-15,20-21,24H,3-12,16-17H2,1-2H3;2-5,8-9H,6-7H2,1H3/t20-;/m1./s1. The van der Waals surface area contributed by atoms with Gasteiger partial charge >= 0.3 is 0 Å². The first-order valence-electron chi connectivity index (χ1n) is 16.7. The molecule has 11 heteroatoms. The second kappa shape index (κ2) is 20.4. The van der Waals surface area contributed by atoms with Crippen molar-refractivity contribution in [3.63, 3.8) is 0 Å². The quantitative estimate of drug-likeness (QED) is 0.152. The number of nitrogens with one attached hydrogen (secondary N) is 1. The highest BCUT2D eigenvalue weighted by molar-refractivity contribution is 6.37. The zero-order valence-electron chi connectivity index (χ0n) is 28.4. The van der Waals surface area contributed by atoms with Crippen LogP contribution >= 0.6 is 23.2 Å². The number of carbonyl (C=O) groups is 1. The van der Waals surface area contributed by atoms with Gasteiger partial charge in [0.05, 0.1) is 22.6 Å². The Labute approximate surface area is 295 Å². The number of hydrogen-bond acceptors (Lipinski definition) is 8. The van der Waals surface area contributed by atoms with Gasteiger partial charge in [-0.2, -0.15) is 0 Å². The van der Waals surface area contributed by atoms with E-state index in [2.05, 4.69) is 33.4 Å². The predicted octanol–water partition coefficient (Wildman–Crippen LogP) is 6.94. The molecule has 2 fully saturated rings. The van der Waals surface area contributed by atoms with E-state index >= 15 is 0 Å². The van der Waals surface area contributed by atoms with Crippen LogP contribution in [0.4, 0.5) is 0 Å².